The lowest BCUT2D eigenvalue weighted by molar-refractivity contribution is -0.125. The van der Waals surface area contributed by atoms with Crippen LogP contribution < -0.4 is 10.2 Å². The first kappa shape index (κ1) is 22.1. The first-order valence-electron chi connectivity index (χ1n) is 11.5. The Morgan fingerprint density at radius 1 is 0.941 bits per heavy atom. The number of para-hydroxylation sites is 2. The van der Waals surface area contributed by atoms with Gasteiger partial charge in [0.15, 0.2) is 0 Å². The highest BCUT2D eigenvalue weighted by Gasteiger charge is 2.27. The quantitative estimate of drug-likeness (QED) is 0.446. The van der Waals surface area contributed by atoms with Crippen LogP contribution in [-0.4, -0.2) is 28.5 Å². The summed E-state index contributed by atoms with van der Waals surface area (Å²) in [6.45, 7) is 2.16. The number of carbonyl (C=O) groups excluding carboxylic acids is 1. The number of fused-ring (bicyclic) bond motifs is 1. The Kier molecular flexibility index (Phi) is 6.25. The van der Waals surface area contributed by atoms with E-state index < -0.39 is 0 Å². The molecule has 0 saturated carbocycles. The molecule has 7 heteroatoms. The van der Waals surface area contributed by atoms with Crippen LogP contribution in [0.1, 0.15) is 24.0 Å². The molecular formula is C27H26F2N4O. The predicted molar refractivity (Wildman–Crippen MR) is 128 cm³/mol. The zero-order chi connectivity index (χ0) is 23.5. The smallest absolute Gasteiger partial charge is 0.223 e. The summed E-state index contributed by atoms with van der Waals surface area (Å²) in [5, 5.41) is 2.97. The monoisotopic (exact) mass is 460 g/mol. The fourth-order valence-electron chi connectivity index (χ4n) is 4.53. The molecule has 5 nitrogen and oxygen atoms in total. The van der Waals surface area contributed by atoms with Gasteiger partial charge in [0, 0.05) is 31.1 Å². The summed E-state index contributed by atoms with van der Waals surface area (Å²) >= 11 is 0. The maximum Gasteiger partial charge on any atom is 0.223 e. The van der Waals surface area contributed by atoms with Crippen LogP contribution in [0, 0.1) is 17.6 Å². The van der Waals surface area contributed by atoms with Crippen molar-refractivity contribution in [1.82, 2.24) is 14.9 Å². The van der Waals surface area contributed by atoms with E-state index in [1.54, 1.807) is 24.3 Å². The van der Waals surface area contributed by atoms with Gasteiger partial charge in [0.25, 0.3) is 0 Å². The van der Waals surface area contributed by atoms with Crippen LogP contribution in [0.3, 0.4) is 0 Å². The van der Waals surface area contributed by atoms with Crippen molar-refractivity contribution in [3.05, 3.63) is 95.6 Å². The van der Waals surface area contributed by atoms with E-state index in [2.05, 4.69) is 14.8 Å². The third kappa shape index (κ3) is 4.64. The molecule has 34 heavy (non-hydrogen) atoms. The number of amides is 1. The minimum atomic E-state index is -0.288. The molecule has 3 aromatic carbocycles. The molecule has 1 fully saturated rings. The van der Waals surface area contributed by atoms with Crippen molar-refractivity contribution in [3.63, 3.8) is 0 Å². The lowest BCUT2D eigenvalue weighted by Crippen LogP contribution is -2.41. The van der Waals surface area contributed by atoms with E-state index in [1.807, 2.05) is 30.3 Å². The summed E-state index contributed by atoms with van der Waals surface area (Å²) in [6.07, 6.45) is 1.41. The maximum atomic E-state index is 14.4. The van der Waals surface area contributed by atoms with Crippen molar-refractivity contribution in [1.29, 1.82) is 0 Å². The Morgan fingerprint density at radius 3 is 2.41 bits per heavy atom. The van der Waals surface area contributed by atoms with Crippen LogP contribution in [0.4, 0.5) is 14.7 Å². The van der Waals surface area contributed by atoms with E-state index >= 15 is 0 Å². The van der Waals surface area contributed by atoms with Gasteiger partial charge >= 0.3 is 0 Å². The van der Waals surface area contributed by atoms with Gasteiger partial charge < -0.3 is 14.8 Å². The van der Waals surface area contributed by atoms with Gasteiger partial charge in [0.2, 0.25) is 11.9 Å². The predicted octanol–water partition coefficient (Wildman–Crippen LogP) is 4.90. The molecular weight excluding hydrogens is 434 g/mol. The summed E-state index contributed by atoms with van der Waals surface area (Å²) < 4.78 is 29.5. The summed E-state index contributed by atoms with van der Waals surface area (Å²) in [7, 11) is 0. The summed E-state index contributed by atoms with van der Waals surface area (Å²) in [5.74, 6) is 0.214. The molecule has 0 aliphatic carbocycles. The lowest BCUT2D eigenvalue weighted by Gasteiger charge is -2.32. The standard InChI is InChI=1S/C27H26F2N4O/c28-22-11-9-19(10-12-22)17-30-26(34)20-13-15-32(16-14-20)27-31-24-7-3-4-8-25(24)33(27)18-21-5-1-2-6-23(21)29/h1-12,20H,13-18H2,(H,30,34). The van der Waals surface area contributed by atoms with Crippen LogP contribution >= 0.6 is 0 Å². The summed E-state index contributed by atoms with van der Waals surface area (Å²) in [6, 6.07) is 20.8. The number of rotatable bonds is 6. The van der Waals surface area contributed by atoms with Gasteiger partial charge in [-0.1, -0.05) is 42.5 Å². The highest BCUT2D eigenvalue weighted by Crippen LogP contribution is 2.28. The van der Waals surface area contributed by atoms with Crippen LogP contribution in [-0.2, 0) is 17.9 Å². The molecule has 5 rings (SSSR count). The molecule has 4 aromatic rings. The van der Waals surface area contributed by atoms with Gasteiger partial charge in [0.1, 0.15) is 11.6 Å². The number of anilines is 1. The molecule has 0 unspecified atom stereocenters. The number of halogens is 2. The molecule has 0 radical (unpaired) electrons. The first-order chi connectivity index (χ1) is 16.6. The van der Waals surface area contributed by atoms with Gasteiger partial charge in [-0.25, -0.2) is 13.8 Å². The largest absolute Gasteiger partial charge is 0.352 e. The molecule has 1 saturated heterocycles. The third-order valence-corrected chi connectivity index (χ3v) is 6.45. The van der Waals surface area contributed by atoms with Crippen LogP contribution in [0.2, 0.25) is 0 Å². The Balaban J connectivity index is 1.28. The molecule has 1 aliphatic heterocycles. The number of imidazole rings is 1. The minimum absolute atomic E-state index is 0.0174. The van der Waals surface area contributed by atoms with Crippen molar-refractivity contribution in [2.24, 2.45) is 5.92 Å². The van der Waals surface area contributed by atoms with Crippen LogP contribution in [0.25, 0.3) is 11.0 Å². The number of nitrogens with zero attached hydrogens (tertiary/aromatic N) is 3. The molecule has 1 N–H and O–H groups in total. The number of piperidine rings is 1. The number of hydrogen-bond acceptors (Lipinski definition) is 3. The lowest BCUT2D eigenvalue weighted by atomic mass is 9.96. The maximum absolute atomic E-state index is 14.4. The fraction of sp³-hybridized carbons (Fsp3) is 0.259. The van der Waals surface area contributed by atoms with Crippen LogP contribution in [0.5, 0.6) is 0 Å². The Bertz CT molecular complexity index is 1290. The highest BCUT2D eigenvalue weighted by atomic mass is 19.1. The van der Waals surface area contributed by atoms with Gasteiger partial charge in [-0.3, -0.25) is 4.79 Å². The van der Waals surface area contributed by atoms with Crippen molar-refractivity contribution in [2.45, 2.75) is 25.9 Å². The first-order valence-corrected chi connectivity index (χ1v) is 11.5. The average Bonchev–Trinajstić information content (AvgIpc) is 3.23. The molecule has 1 aromatic heterocycles. The van der Waals surface area contributed by atoms with E-state index in [0.717, 1.165) is 22.5 Å². The van der Waals surface area contributed by atoms with Crippen molar-refractivity contribution in [3.8, 4) is 0 Å². The van der Waals surface area contributed by atoms with Gasteiger partial charge in [-0.05, 0) is 48.7 Å². The van der Waals surface area contributed by atoms with Crippen molar-refractivity contribution >= 4 is 22.9 Å². The number of aromatic nitrogens is 2. The van der Waals surface area contributed by atoms with E-state index in [1.165, 1.54) is 18.2 Å². The summed E-state index contributed by atoms with van der Waals surface area (Å²) in [4.78, 5) is 19.7. The topological polar surface area (TPSA) is 50.2 Å². The Morgan fingerprint density at radius 2 is 1.65 bits per heavy atom. The Labute approximate surface area is 197 Å². The van der Waals surface area contributed by atoms with E-state index in [4.69, 9.17) is 4.98 Å². The minimum Gasteiger partial charge on any atom is -0.352 e. The van der Waals surface area contributed by atoms with Gasteiger partial charge in [-0.15, -0.1) is 0 Å². The second kappa shape index (κ2) is 9.63. The molecule has 0 spiro atoms. The highest BCUT2D eigenvalue weighted by molar-refractivity contribution is 5.80. The molecule has 2 heterocycles. The molecule has 174 valence electrons. The van der Waals surface area contributed by atoms with Crippen molar-refractivity contribution < 1.29 is 13.6 Å². The SMILES string of the molecule is O=C(NCc1ccc(F)cc1)C1CCN(c2nc3ccccc3n2Cc2ccccc2F)CC1. The number of carbonyl (C=O) groups is 1. The third-order valence-electron chi connectivity index (χ3n) is 6.45. The van der Waals surface area contributed by atoms with Crippen LogP contribution in [0.15, 0.2) is 72.8 Å². The average molecular weight is 461 g/mol. The van der Waals surface area contributed by atoms with E-state index in [0.29, 0.717) is 44.6 Å². The van der Waals surface area contributed by atoms with Gasteiger partial charge in [0.05, 0.1) is 17.6 Å². The summed E-state index contributed by atoms with van der Waals surface area (Å²) in [5.41, 5.74) is 3.31. The van der Waals surface area contributed by atoms with Crippen molar-refractivity contribution in [2.75, 3.05) is 18.0 Å². The zero-order valence-electron chi connectivity index (χ0n) is 18.8. The van der Waals surface area contributed by atoms with E-state index in [9.17, 15) is 13.6 Å². The molecule has 0 atom stereocenters. The second-order valence-electron chi connectivity index (χ2n) is 8.68. The molecule has 1 amide bonds. The zero-order valence-corrected chi connectivity index (χ0v) is 18.8. The second-order valence-corrected chi connectivity index (χ2v) is 8.68. The molecule has 1 aliphatic rings. The molecule has 0 bridgehead atoms. The van der Waals surface area contributed by atoms with Gasteiger partial charge in [-0.2, -0.15) is 0 Å². The normalized spacial score (nSPS) is 14.5. The number of benzene rings is 3. The fourth-order valence-corrected chi connectivity index (χ4v) is 4.53. The Hall–Kier alpha value is -3.74. The number of hydrogen-bond donors (Lipinski definition) is 1. The van der Waals surface area contributed by atoms with E-state index in [-0.39, 0.29) is 23.5 Å². The number of nitrogens with one attached hydrogen (secondary N) is 1.